The Labute approximate surface area is 243 Å². The summed E-state index contributed by atoms with van der Waals surface area (Å²) in [6, 6.07) is 36.6. The van der Waals surface area contributed by atoms with E-state index in [9.17, 15) is 10.2 Å². The van der Waals surface area contributed by atoms with Crippen molar-refractivity contribution in [2.45, 2.75) is 6.42 Å². The predicted molar refractivity (Wildman–Crippen MR) is 149 cm³/mol. The Morgan fingerprint density at radius 3 is 1.39 bits per heavy atom. The molecule has 6 rings (SSSR count). The number of hydrogen-bond acceptors (Lipinski definition) is 5. The van der Waals surface area contributed by atoms with Gasteiger partial charge in [-0.3, -0.25) is 0 Å². The van der Waals surface area contributed by atoms with Gasteiger partial charge in [-0.05, 0) is 56.6 Å². The smallest absolute Gasteiger partial charge is 0.870 e. The summed E-state index contributed by atoms with van der Waals surface area (Å²) in [5.74, 6) is 0.843. The zero-order valence-electron chi connectivity index (χ0n) is 21.1. The predicted octanol–water partition coefficient (Wildman–Crippen LogP) is 4.18. The number of aromatic hydroxyl groups is 3. The third kappa shape index (κ3) is 6.71. The monoisotopic (exact) mass is 514 g/mol. The minimum absolute atomic E-state index is 0. The Kier molecular flexibility index (Phi) is 11.3. The summed E-state index contributed by atoms with van der Waals surface area (Å²) in [7, 11) is 0. The number of rotatable bonds is 2. The zero-order valence-corrected chi connectivity index (χ0v) is 23.1. The maximum absolute atomic E-state index is 10.4. The van der Waals surface area contributed by atoms with Crippen molar-refractivity contribution < 1.29 is 55.1 Å². The number of benzene rings is 6. The summed E-state index contributed by atoms with van der Waals surface area (Å²) in [5.41, 5.74) is 1.68. The molecule has 0 saturated heterocycles. The number of carbonyl (C=O) groups is 1. The molecule has 0 bridgehead atoms. The second-order valence-corrected chi connectivity index (χ2v) is 8.28. The molecule has 0 radical (unpaired) electrons. The molecule has 38 heavy (non-hydrogen) atoms. The van der Waals surface area contributed by atoms with Crippen LogP contribution in [0.5, 0.6) is 17.2 Å². The number of phenols is 3. The molecule has 6 heteroatoms. The second-order valence-electron chi connectivity index (χ2n) is 8.28. The molecule has 4 N–H and O–H groups in total. The van der Waals surface area contributed by atoms with Crippen molar-refractivity contribution in [3.8, 4) is 17.2 Å². The standard InChI is InChI=1S/C21H16O2.C10H8O.CH2O.Na.H2O/c22-20-11-9-14-5-1-3-7-16(14)18(20)13-19-17-8-4-2-6-15(17)10-12-21(19)23;11-10-6-5-8-3-1-2-4-9(8)7-10;1-2;;/h1-12,22-23H,13H2;1-7,11H;1H2;;1H2/q;;;+1;/p-1. The second kappa shape index (κ2) is 14.2. The van der Waals surface area contributed by atoms with Crippen molar-refractivity contribution in [1.29, 1.82) is 0 Å². The summed E-state index contributed by atoms with van der Waals surface area (Å²) >= 11 is 0. The quantitative estimate of drug-likeness (QED) is 0.301. The maximum atomic E-state index is 10.4. The van der Waals surface area contributed by atoms with Crippen LogP contribution in [0.2, 0.25) is 0 Å². The summed E-state index contributed by atoms with van der Waals surface area (Å²) in [4.78, 5) is 8.00. The van der Waals surface area contributed by atoms with E-state index < -0.39 is 0 Å². The third-order valence-corrected chi connectivity index (χ3v) is 6.12. The SMILES string of the molecule is C=O.Oc1ccc2ccccc2c1.Oc1ccc2ccccc2c1Cc1c(O)ccc2ccccc12.[Na+].[OH-]. The summed E-state index contributed by atoms with van der Waals surface area (Å²) in [6.07, 6.45) is 0.486. The van der Waals surface area contributed by atoms with Crippen molar-refractivity contribution in [3.63, 3.8) is 0 Å². The maximum Gasteiger partial charge on any atom is 1.00 e. The van der Waals surface area contributed by atoms with Crippen LogP contribution in [0, 0.1) is 0 Å². The molecule has 6 aromatic rings. The molecule has 5 nitrogen and oxygen atoms in total. The van der Waals surface area contributed by atoms with Crippen LogP contribution in [0.15, 0.2) is 115 Å². The minimum Gasteiger partial charge on any atom is -0.870 e. The zero-order chi connectivity index (χ0) is 25.5. The molecule has 0 aliphatic carbocycles. The molecule has 0 amide bonds. The molecule has 0 heterocycles. The van der Waals surface area contributed by atoms with E-state index in [0.29, 0.717) is 12.2 Å². The normalized spacial score (nSPS) is 9.79. The Balaban J connectivity index is 0.000000287. The Hall–Kier alpha value is -3.87. The molecule has 0 fully saturated rings. The van der Waals surface area contributed by atoms with E-state index >= 15 is 0 Å². The van der Waals surface area contributed by atoms with Gasteiger partial charge in [0.25, 0.3) is 0 Å². The molecule has 6 aromatic carbocycles. The number of hydrogen-bond donors (Lipinski definition) is 3. The Bertz CT molecular complexity index is 1570. The van der Waals surface area contributed by atoms with Gasteiger partial charge in [0.2, 0.25) is 0 Å². The van der Waals surface area contributed by atoms with Crippen molar-refractivity contribution in [1.82, 2.24) is 0 Å². The van der Waals surface area contributed by atoms with Gasteiger partial charge in [-0.1, -0.05) is 91.0 Å². The molecule has 0 aromatic heterocycles. The van der Waals surface area contributed by atoms with E-state index in [2.05, 4.69) is 0 Å². The van der Waals surface area contributed by atoms with Crippen LogP contribution in [0.4, 0.5) is 0 Å². The van der Waals surface area contributed by atoms with Gasteiger partial charge in [0, 0.05) is 17.5 Å². The molecule has 0 atom stereocenters. The summed E-state index contributed by atoms with van der Waals surface area (Å²) < 4.78 is 0. The fourth-order valence-corrected chi connectivity index (χ4v) is 4.37. The number of carbonyl (C=O) groups excluding carboxylic acids is 1. The van der Waals surface area contributed by atoms with E-state index in [4.69, 9.17) is 9.90 Å². The van der Waals surface area contributed by atoms with Gasteiger partial charge in [-0.25, -0.2) is 0 Å². The van der Waals surface area contributed by atoms with Crippen LogP contribution in [-0.4, -0.2) is 27.6 Å². The molecular formula is C32H27NaO5. The average molecular weight is 515 g/mol. The molecule has 0 aliphatic rings. The first-order chi connectivity index (χ1) is 17.6. The van der Waals surface area contributed by atoms with Crippen molar-refractivity contribution in [3.05, 3.63) is 126 Å². The fourth-order valence-electron chi connectivity index (χ4n) is 4.37. The van der Waals surface area contributed by atoms with E-state index in [0.717, 1.165) is 43.4 Å². The summed E-state index contributed by atoms with van der Waals surface area (Å²) in [5, 5.41) is 36.3. The first-order valence-corrected chi connectivity index (χ1v) is 11.5. The van der Waals surface area contributed by atoms with Gasteiger partial charge in [0.05, 0.1) is 0 Å². The van der Waals surface area contributed by atoms with Crippen LogP contribution in [0.1, 0.15) is 11.1 Å². The largest absolute Gasteiger partial charge is 1.00 e. The van der Waals surface area contributed by atoms with E-state index in [1.807, 2.05) is 97.8 Å². The molecular weight excluding hydrogens is 487 g/mol. The van der Waals surface area contributed by atoms with Crippen molar-refractivity contribution >= 4 is 39.1 Å². The van der Waals surface area contributed by atoms with Gasteiger partial charge in [-0.15, -0.1) is 0 Å². The minimum atomic E-state index is 0. The van der Waals surface area contributed by atoms with E-state index in [-0.39, 0.29) is 46.5 Å². The van der Waals surface area contributed by atoms with Crippen LogP contribution in [0.25, 0.3) is 32.3 Å². The Morgan fingerprint density at radius 1 is 0.500 bits per heavy atom. The molecule has 0 unspecified atom stereocenters. The molecule has 0 saturated carbocycles. The number of fused-ring (bicyclic) bond motifs is 3. The van der Waals surface area contributed by atoms with Gasteiger partial charge in [0.15, 0.2) is 0 Å². The van der Waals surface area contributed by atoms with Gasteiger partial charge in [-0.2, -0.15) is 0 Å². The van der Waals surface area contributed by atoms with Gasteiger partial charge >= 0.3 is 29.6 Å². The molecule has 0 spiro atoms. The van der Waals surface area contributed by atoms with Crippen molar-refractivity contribution in [2.24, 2.45) is 0 Å². The fraction of sp³-hybridized carbons (Fsp3) is 0.0312. The first-order valence-electron chi connectivity index (χ1n) is 11.5. The average Bonchev–Trinajstić information content (AvgIpc) is 2.93. The van der Waals surface area contributed by atoms with E-state index in [1.165, 1.54) is 0 Å². The third-order valence-electron chi connectivity index (χ3n) is 6.12. The van der Waals surface area contributed by atoms with Crippen LogP contribution in [0.3, 0.4) is 0 Å². The van der Waals surface area contributed by atoms with Crippen LogP contribution in [-0.2, 0) is 11.2 Å². The summed E-state index contributed by atoms with van der Waals surface area (Å²) in [6.45, 7) is 2.00. The molecule has 186 valence electrons. The van der Waals surface area contributed by atoms with Crippen LogP contribution >= 0.6 is 0 Å². The van der Waals surface area contributed by atoms with Gasteiger partial charge < -0.3 is 25.6 Å². The van der Waals surface area contributed by atoms with Crippen LogP contribution < -0.4 is 29.6 Å². The molecule has 0 aliphatic heterocycles. The van der Waals surface area contributed by atoms with Gasteiger partial charge in [0.1, 0.15) is 24.0 Å². The van der Waals surface area contributed by atoms with E-state index in [1.54, 1.807) is 24.3 Å². The topological polar surface area (TPSA) is 108 Å². The first kappa shape index (κ1) is 30.4. The number of phenolic OH excluding ortho intramolecular Hbond substituents is 3. The van der Waals surface area contributed by atoms with Crippen molar-refractivity contribution in [2.75, 3.05) is 0 Å². The Morgan fingerprint density at radius 2 is 0.895 bits per heavy atom.